The second kappa shape index (κ2) is 5.50. The fourth-order valence-corrected chi connectivity index (χ4v) is 3.37. The number of imidazole rings is 1. The van der Waals surface area contributed by atoms with E-state index in [0.29, 0.717) is 12.2 Å². The number of aryl methyl sites for hydroxylation is 1. The molecule has 0 amide bonds. The van der Waals surface area contributed by atoms with Gasteiger partial charge in [-0.1, -0.05) is 18.2 Å². The summed E-state index contributed by atoms with van der Waals surface area (Å²) in [6.45, 7) is 1.76. The number of nitrogen functional groups attached to an aromatic ring is 1. The van der Waals surface area contributed by atoms with Crippen molar-refractivity contribution in [3.05, 3.63) is 47.8 Å². The van der Waals surface area contributed by atoms with Crippen LogP contribution in [0.15, 0.2) is 36.4 Å². The molecule has 1 aliphatic rings. The van der Waals surface area contributed by atoms with Crippen molar-refractivity contribution in [1.29, 1.82) is 0 Å². The van der Waals surface area contributed by atoms with Crippen molar-refractivity contribution in [2.24, 2.45) is 0 Å². The van der Waals surface area contributed by atoms with Crippen molar-refractivity contribution in [3.8, 4) is 0 Å². The van der Waals surface area contributed by atoms with Gasteiger partial charge in [0.2, 0.25) is 0 Å². The number of rotatable bonds is 3. The fourth-order valence-electron chi connectivity index (χ4n) is 3.37. The third-order valence-corrected chi connectivity index (χ3v) is 4.48. The Hall–Kier alpha value is -2.69. The highest BCUT2D eigenvalue weighted by Crippen LogP contribution is 2.33. The van der Waals surface area contributed by atoms with Gasteiger partial charge in [-0.15, -0.1) is 0 Å². The summed E-state index contributed by atoms with van der Waals surface area (Å²) in [5.41, 5.74) is 12.4. The second-order valence-electron chi connectivity index (χ2n) is 6.12. The first-order valence-electron chi connectivity index (χ1n) is 8.02. The molecule has 118 valence electrons. The smallest absolute Gasteiger partial charge is 0.126 e. The maximum absolute atomic E-state index is 5.98. The van der Waals surface area contributed by atoms with Crippen LogP contribution in [0.5, 0.6) is 0 Å². The number of nitrogens with two attached hydrogens (primary N) is 1. The molecule has 0 saturated heterocycles. The lowest BCUT2D eigenvalue weighted by Gasteiger charge is -2.30. The van der Waals surface area contributed by atoms with E-state index in [1.807, 2.05) is 18.2 Å². The van der Waals surface area contributed by atoms with Gasteiger partial charge >= 0.3 is 0 Å². The average molecular weight is 307 g/mol. The van der Waals surface area contributed by atoms with E-state index in [9.17, 15) is 0 Å². The van der Waals surface area contributed by atoms with Crippen LogP contribution < -0.4 is 16.0 Å². The van der Waals surface area contributed by atoms with Crippen LogP contribution >= 0.6 is 0 Å². The van der Waals surface area contributed by atoms with Gasteiger partial charge in [0.1, 0.15) is 11.3 Å². The SMILES string of the molecule is CN1CCCc2cccc(NCc3nc4c(N)cccc4[nH]3)c21. The van der Waals surface area contributed by atoms with Crippen LogP contribution in [0.4, 0.5) is 17.1 Å². The molecular formula is C18H21N5. The fraction of sp³-hybridized carbons (Fsp3) is 0.278. The number of benzene rings is 2. The summed E-state index contributed by atoms with van der Waals surface area (Å²) in [6.07, 6.45) is 2.37. The first kappa shape index (κ1) is 13.9. The number of H-pyrrole nitrogens is 1. The standard InChI is InChI=1S/C18H21N5/c1-23-10-4-6-12-5-2-9-15(18(12)23)20-11-16-21-14-8-3-7-13(19)17(14)22-16/h2-3,5,7-9,20H,4,6,10-11,19H2,1H3,(H,21,22). The van der Waals surface area contributed by atoms with Crippen molar-refractivity contribution >= 4 is 28.1 Å². The molecule has 0 saturated carbocycles. The Morgan fingerprint density at radius 3 is 3.00 bits per heavy atom. The van der Waals surface area contributed by atoms with Gasteiger partial charge in [-0.2, -0.15) is 0 Å². The number of nitrogens with zero attached hydrogens (tertiary/aromatic N) is 2. The molecule has 0 spiro atoms. The lowest BCUT2D eigenvalue weighted by molar-refractivity contribution is 0.744. The van der Waals surface area contributed by atoms with Gasteiger partial charge in [0.05, 0.1) is 29.1 Å². The molecule has 0 fully saturated rings. The summed E-state index contributed by atoms with van der Waals surface area (Å²) in [4.78, 5) is 10.3. The van der Waals surface area contributed by atoms with Crippen LogP contribution in [0.2, 0.25) is 0 Å². The Balaban J connectivity index is 1.60. The van der Waals surface area contributed by atoms with E-state index >= 15 is 0 Å². The number of aromatic amines is 1. The topological polar surface area (TPSA) is 70.0 Å². The highest BCUT2D eigenvalue weighted by atomic mass is 15.1. The van der Waals surface area contributed by atoms with Crippen LogP contribution in [0, 0.1) is 0 Å². The Bertz CT molecular complexity index is 852. The molecular weight excluding hydrogens is 286 g/mol. The van der Waals surface area contributed by atoms with Crippen LogP contribution in [-0.4, -0.2) is 23.6 Å². The first-order valence-corrected chi connectivity index (χ1v) is 8.02. The van der Waals surface area contributed by atoms with E-state index in [0.717, 1.165) is 35.5 Å². The van der Waals surface area contributed by atoms with Crippen LogP contribution in [0.1, 0.15) is 17.8 Å². The zero-order valence-corrected chi connectivity index (χ0v) is 13.3. The number of fused-ring (bicyclic) bond motifs is 2. The monoisotopic (exact) mass is 307 g/mol. The van der Waals surface area contributed by atoms with Gasteiger partial charge in [0, 0.05) is 13.6 Å². The number of aromatic nitrogens is 2. The maximum atomic E-state index is 5.98. The molecule has 0 radical (unpaired) electrons. The molecule has 2 aromatic carbocycles. The first-order chi connectivity index (χ1) is 11.2. The Labute approximate surface area is 135 Å². The summed E-state index contributed by atoms with van der Waals surface area (Å²) < 4.78 is 0. The zero-order chi connectivity index (χ0) is 15.8. The van der Waals surface area contributed by atoms with Crippen LogP contribution in [0.25, 0.3) is 11.0 Å². The number of hydrogen-bond acceptors (Lipinski definition) is 4. The number of para-hydroxylation sites is 2. The largest absolute Gasteiger partial charge is 0.397 e. The van der Waals surface area contributed by atoms with E-state index in [4.69, 9.17) is 5.73 Å². The summed E-state index contributed by atoms with van der Waals surface area (Å²) in [5, 5.41) is 3.52. The highest BCUT2D eigenvalue weighted by Gasteiger charge is 2.17. The molecule has 0 bridgehead atoms. The third kappa shape index (κ3) is 2.48. The van der Waals surface area contributed by atoms with E-state index in [-0.39, 0.29) is 0 Å². The van der Waals surface area contributed by atoms with Gasteiger partial charge in [0.15, 0.2) is 0 Å². The van der Waals surface area contributed by atoms with E-state index in [2.05, 4.69) is 45.4 Å². The van der Waals surface area contributed by atoms with Gasteiger partial charge in [-0.25, -0.2) is 4.98 Å². The van der Waals surface area contributed by atoms with Crippen molar-refractivity contribution in [2.45, 2.75) is 19.4 Å². The highest BCUT2D eigenvalue weighted by molar-refractivity contribution is 5.87. The summed E-state index contributed by atoms with van der Waals surface area (Å²) in [6, 6.07) is 12.3. The van der Waals surface area contributed by atoms with Crippen molar-refractivity contribution in [3.63, 3.8) is 0 Å². The van der Waals surface area contributed by atoms with E-state index in [1.165, 1.54) is 17.7 Å². The Morgan fingerprint density at radius 2 is 2.13 bits per heavy atom. The second-order valence-corrected chi connectivity index (χ2v) is 6.12. The molecule has 3 aromatic rings. The van der Waals surface area contributed by atoms with Crippen molar-refractivity contribution in [1.82, 2.24) is 9.97 Å². The van der Waals surface area contributed by atoms with E-state index in [1.54, 1.807) is 0 Å². The molecule has 4 rings (SSSR count). The van der Waals surface area contributed by atoms with Gasteiger partial charge < -0.3 is 20.9 Å². The lowest BCUT2D eigenvalue weighted by atomic mass is 10.0. The minimum absolute atomic E-state index is 0.651. The summed E-state index contributed by atoms with van der Waals surface area (Å²) >= 11 is 0. The molecule has 23 heavy (non-hydrogen) atoms. The predicted molar refractivity (Wildman–Crippen MR) is 95.9 cm³/mol. The maximum Gasteiger partial charge on any atom is 0.126 e. The van der Waals surface area contributed by atoms with Crippen molar-refractivity contribution < 1.29 is 0 Å². The minimum Gasteiger partial charge on any atom is -0.397 e. The van der Waals surface area contributed by atoms with Crippen molar-refractivity contribution in [2.75, 3.05) is 29.5 Å². The summed E-state index contributed by atoms with van der Waals surface area (Å²) in [5.74, 6) is 0.897. The molecule has 4 N–H and O–H groups in total. The van der Waals surface area contributed by atoms with Crippen LogP contribution in [0.3, 0.4) is 0 Å². The third-order valence-electron chi connectivity index (χ3n) is 4.48. The normalized spacial score (nSPS) is 14.0. The van der Waals surface area contributed by atoms with Gasteiger partial charge in [-0.05, 0) is 36.6 Å². The molecule has 1 aromatic heterocycles. The van der Waals surface area contributed by atoms with E-state index < -0.39 is 0 Å². The molecule has 2 heterocycles. The zero-order valence-electron chi connectivity index (χ0n) is 13.3. The number of hydrogen-bond donors (Lipinski definition) is 3. The van der Waals surface area contributed by atoms with Gasteiger partial charge in [-0.3, -0.25) is 0 Å². The molecule has 5 heteroatoms. The van der Waals surface area contributed by atoms with Gasteiger partial charge in [0.25, 0.3) is 0 Å². The molecule has 0 unspecified atom stereocenters. The number of nitrogens with one attached hydrogen (secondary N) is 2. The molecule has 1 aliphatic heterocycles. The minimum atomic E-state index is 0.651. The quantitative estimate of drug-likeness (QED) is 0.650. The number of anilines is 3. The average Bonchev–Trinajstić information content (AvgIpc) is 2.98. The predicted octanol–water partition coefficient (Wildman–Crippen LogP) is 3.14. The Kier molecular flexibility index (Phi) is 3.33. The molecule has 5 nitrogen and oxygen atoms in total. The van der Waals surface area contributed by atoms with Crippen LogP contribution in [-0.2, 0) is 13.0 Å². The lowest BCUT2D eigenvalue weighted by Crippen LogP contribution is -2.25. The molecule has 0 atom stereocenters. The molecule has 0 aliphatic carbocycles. The summed E-state index contributed by atoms with van der Waals surface area (Å²) in [7, 11) is 2.16. The Morgan fingerprint density at radius 1 is 1.26 bits per heavy atom.